The highest BCUT2D eigenvalue weighted by atomic mass is 16.6. The Morgan fingerprint density at radius 2 is 1.84 bits per heavy atom. The first-order chi connectivity index (χ1) is 11.9. The fourth-order valence-corrected chi connectivity index (χ4v) is 2.22. The van der Waals surface area contributed by atoms with Crippen molar-refractivity contribution in [1.29, 1.82) is 0 Å². The Morgan fingerprint density at radius 1 is 1.20 bits per heavy atom. The lowest BCUT2D eigenvalue weighted by Gasteiger charge is -2.06. The van der Waals surface area contributed by atoms with Gasteiger partial charge in [0, 0.05) is 17.2 Å². The molecule has 0 heterocycles. The monoisotopic (exact) mass is 341 g/mol. The Morgan fingerprint density at radius 3 is 2.40 bits per heavy atom. The van der Waals surface area contributed by atoms with Crippen molar-refractivity contribution in [1.82, 2.24) is 5.43 Å². The fraction of sp³-hybridized carbons (Fsp3) is 0.222. The van der Waals surface area contributed by atoms with Gasteiger partial charge in [-0.2, -0.15) is 5.10 Å². The average molecular weight is 341 g/mol. The molecule has 130 valence electrons. The minimum absolute atomic E-state index is 0.0226. The molecule has 0 aromatic heterocycles. The number of nitrogens with one attached hydrogen (secondary N) is 1. The zero-order valence-corrected chi connectivity index (χ0v) is 14.3. The second kappa shape index (κ2) is 8.05. The van der Waals surface area contributed by atoms with Crippen LogP contribution < -0.4 is 10.2 Å². The lowest BCUT2D eigenvalue weighted by molar-refractivity contribution is -0.385. The van der Waals surface area contributed by atoms with Gasteiger partial charge in [-0.25, -0.2) is 5.43 Å². The molecule has 0 bridgehead atoms. The van der Waals surface area contributed by atoms with Crippen LogP contribution in [0.2, 0.25) is 0 Å². The van der Waals surface area contributed by atoms with Gasteiger partial charge in [-0.05, 0) is 62.7 Å². The van der Waals surface area contributed by atoms with Crippen LogP contribution in [0.4, 0.5) is 5.69 Å². The van der Waals surface area contributed by atoms with Crippen LogP contribution in [0.3, 0.4) is 0 Å². The first kappa shape index (κ1) is 18.1. The molecule has 0 spiro atoms. The molecule has 0 aliphatic carbocycles. The van der Waals surface area contributed by atoms with Gasteiger partial charge in [0.05, 0.1) is 17.2 Å². The number of carbonyl (C=O) groups is 1. The molecule has 0 radical (unpaired) electrons. The number of hydrogen-bond donors (Lipinski definition) is 1. The SMILES string of the molecule is CCOc1ccc(C(C)=NNC(=O)c2ccc([N+](=O)[O-])c(C)c2)cc1. The van der Waals surface area contributed by atoms with E-state index in [4.69, 9.17) is 4.74 Å². The van der Waals surface area contributed by atoms with E-state index in [0.717, 1.165) is 11.3 Å². The van der Waals surface area contributed by atoms with Crippen LogP contribution in [0.5, 0.6) is 5.75 Å². The van der Waals surface area contributed by atoms with Crippen LogP contribution in [-0.4, -0.2) is 23.1 Å². The summed E-state index contributed by atoms with van der Waals surface area (Å²) < 4.78 is 5.38. The summed E-state index contributed by atoms with van der Waals surface area (Å²) in [4.78, 5) is 22.5. The van der Waals surface area contributed by atoms with Crippen LogP contribution >= 0.6 is 0 Å². The maximum atomic E-state index is 12.1. The Kier molecular flexibility index (Phi) is 5.84. The number of nitro groups is 1. The Bertz CT molecular complexity index is 814. The van der Waals surface area contributed by atoms with E-state index >= 15 is 0 Å². The van der Waals surface area contributed by atoms with Crippen LogP contribution in [0, 0.1) is 17.0 Å². The smallest absolute Gasteiger partial charge is 0.272 e. The van der Waals surface area contributed by atoms with E-state index in [2.05, 4.69) is 10.5 Å². The summed E-state index contributed by atoms with van der Waals surface area (Å²) in [6.07, 6.45) is 0. The van der Waals surface area contributed by atoms with Crippen molar-refractivity contribution in [2.75, 3.05) is 6.61 Å². The topological polar surface area (TPSA) is 93.8 Å². The summed E-state index contributed by atoms with van der Waals surface area (Å²) in [6, 6.07) is 11.6. The number of nitro benzene ring substituents is 1. The van der Waals surface area contributed by atoms with Gasteiger partial charge in [-0.15, -0.1) is 0 Å². The Hall–Kier alpha value is -3.22. The minimum Gasteiger partial charge on any atom is -0.494 e. The van der Waals surface area contributed by atoms with Crippen LogP contribution in [0.15, 0.2) is 47.6 Å². The van der Waals surface area contributed by atoms with Gasteiger partial charge < -0.3 is 4.74 Å². The highest BCUT2D eigenvalue weighted by molar-refractivity contribution is 6.01. The third-order valence-corrected chi connectivity index (χ3v) is 3.56. The van der Waals surface area contributed by atoms with Crippen molar-refractivity contribution in [3.05, 3.63) is 69.3 Å². The molecule has 0 fully saturated rings. The molecule has 7 nitrogen and oxygen atoms in total. The van der Waals surface area contributed by atoms with Gasteiger partial charge in [0.15, 0.2) is 0 Å². The molecule has 0 saturated heterocycles. The van der Waals surface area contributed by atoms with Crippen molar-refractivity contribution < 1.29 is 14.5 Å². The second-order valence-electron chi connectivity index (χ2n) is 5.35. The largest absolute Gasteiger partial charge is 0.494 e. The summed E-state index contributed by atoms with van der Waals surface area (Å²) in [5.74, 6) is 0.340. The van der Waals surface area contributed by atoms with Gasteiger partial charge in [0.2, 0.25) is 0 Å². The van der Waals surface area contributed by atoms with Gasteiger partial charge in [-0.3, -0.25) is 14.9 Å². The van der Waals surface area contributed by atoms with E-state index < -0.39 is 10.8 Å². The number of benzene rings is 2. The minimum atomic E-state index is -0.481. The van der Waals surface area contributed by atoms with Crippen molar-refractivity contribution in [3.8, 4) is 5.75 Å². The van der Waals surface area contributed by atoms with Crippen LogP contribution in [0.25, 0.3) is 0 Å². The predicted octanol–water partition coefficient (Wildman–Crippen LogP) is 3.46. The maximum Gasteiger partial charge on any atom is 0.272 e. The van der Waals surface area contributed by atoms with E-state index in [0.29, 0.717) is 23.4 Å². The Balaban J connectivity index is 2.08. The molecule has 0 atom stereocenters. The molecule has 0 unspecified atom stereocenters. The van der Waals surface area contributed by atoms with E-state index in [1.165, 1.54) is 18.2 Å². The van der Waals surface area contributed by atoms with Gasteiger partial charge in [-0.1, -0.05) is 0 Å². The number of hydrogen-bond acceptors (Lipinski definition) is 5. The number of aryl methyl sites for hydroxylation is 1. The molecule has 0 aliphatic rings. The molecule has 2 aromatic rings. The molecule has 0 aliphatic heterocycles. The zero-order chi connectivity index (χ0) is 18.4. The normalized spacial score (nSPS) is 11.1. The molecular formula is C18H19N3O4. The highest BCUT2D eigenvalue weighted by Gasteiger charge is 2.13. The standard InChI is InChI=1S/C18H19N3O4/c1-4-25-16-8-5-14(6-9-16)13(3)19-20-18(22)15-7-10-17(21(23)24)12(2)11-15/h5-11H,4H2,1-3H3,(H,20,22). The number of carbonyl (C=O) groups excluding carboxylic acids is 1. The average Bonchev–Trinajstić information content (AvgIpc) is 2.59. The van der Waals surface area contributed by atoms with Crippen molar-refractivity contribution in [2.45, 2.75) is 20.8 Å². The van der Waals surface area contributed by atoms with E-state index in [-0.39, 0.29) is 5.69 Å². The molecule has 7 heteroatoms. The fourth-order valence-electron chi connectivity index (χ4n) is 2.22. The predicted molar refractivity (Wildman–Crippen MR) is 95.1 cm³/mol. The van der Waals surface area contributed by atoms with Gasteiger partial charge >= 0.3 is 0 Å². The molecular weight excluding hydrogens is 322 g/mol. The van der Waals surface area contributed by atoms with Gasteiger partial charge in [0.25, 0.3) is 11.6 Å². The zero-order valence-electron chi connectivity index (χ0n) is 14.3. The lowest BCUT2D eigenvalue weighted by Crippen LogP contribution is -2.19. The number of rotatable bonds is 6. The van der Waals surface area contributed by atoms with Crippen molar-refractivity contribution >= 4 is 17.3 Å². The van der Waals surface area contributed by atoms with E-state index in [1.54, 1.807) is 13.8 Å². The summed E-state index contributed by atoms with van der Waals surface area (Å²) in [5.41, 5.74) is 4.66. The quantitative estimate of drug-likeness (QED) is 0.494. The Labute approximate surface area is 145 Å². The summed E-state index contributed by atoms with van der Waals surface area (Å²) in [5, 5.41) is 14.9. The second-order valence-corrected chi connectivity index (χ2v) is 5.35. The number of nitrogens with zero attached hydrogens (tertiary/aromatic N) is 2. The van der Waals surface area contributed by atoms with E-state index in [1.807, 2.05) is 31.2 Å². The molecule has 1 amide bonds. The first-order valence-corrected chi connectivity index (χ1v) is 7.75. The molecule has 2 rings (SSSR count). The number of ether oxygens (including phenoxy) is 1. The maximum absolute atomic E-state index is 12.1. The van der Waals surface area contributed by atoms with Crippen LogP contribution in [0.1, 0.15) is 35.3 Å². The van der Waals surface area contributed by atoms with Crippen molar-refractivity contribution in [3.63, 3.8) is 0 Å². The molecule has 1 N–H and O–H groups in total. The molecule has 0 saturated carbocycles. The third kappa shape index (κ3) is 4.63. The van der Waals surface area contributed by atoms with E-state index in [9.17, 15) is 14.9 Å². The number of hydrazone groups is 1. The number of amides is 1. The van der Waals surface area contributed by atoms with Crippen LogP contribution in [-0.2, 0) is 0 Å². The lowest BCUT2D eigenvalue weighted by atomic mass is 10.1. The van der Waals surface area contributed by atoms with Crippen molar-refractivity contribution in [2.24, 2.45) is 5.10 Å². The van der Waals surface area contributed by atoms with Gasteiger partial charge in [0.1, 0.15) is 5.75 Å². The summed E-state index contributed by atoms with van der Waals surface area (Å²) in [7, 11) is 0. The molecule has 2 aromatic carbocycles. The highest BCUT2D eigenvalue weighted by Crippen LogP contribution is 2.18. The third-order valence-electron chi connectivity index (χ3n) is 3.56. The molecule has 25 heavy (non-hydrogen) atoms. The summed E-state index contributed by atoms with van der Waals surface area (Å²) >= 11 is 0. The first-order valence-electron chi connectivity index (χ1n) is 7.75. The summed E-state index contributed by atoms with van der Waals surface area (Å²) in [6.45, 7) is 5.87.